The number of carbonyl (C=O) groups excluding carboxylic acids is 1. The summed E-state index contributed by atoms with van der Waals surface area (Å²) in [7, 11) is 0. The van der Waals surface area contributed by atoms with Gasteiger partial charge in [0.05, 0.1) is 28.1 Å². The molecule has 2 N–H and O–H groups in total. The second-order valence-corrected chi connectivity index (χ2v) is 8.23. The fraction of sp³-hybridized carbons (Fsp3) is 0.526. The third-order valence-corrected chi connectivity index (χ3v) is 5.70. The van der Waals surface area contributed by atoms with Gasteiger partial charge < -0.3 is 14.7 Å². The molecule has 0 spiro atoms. The number of benzene rings is 1. The number of nitro groups is 1. The summed E-state index contributed by atoms with van der Waals surface area (Å²) in [5.74, 6) is -2.64. The lowest BCUT2D eigenvalue weighted by Gasteiger charge is -2.24. The standard InChI is InChI=1S/C17H18Cl2N4O4.C2HF3O2/c18-12-6-13(19)16(7-15(12)23(25)26)27-9-10-3-4-14(21-10)17(24)22-5-1-2-11(22)8-20;3-2(4,5)1(6)7/h6-7,10-11,14,21H,1-5,9H2;(H,6,7)/t10-,11+,14+;/m1./s1. The molecule has 0 radical (unpaired) electrons. The monoisotopic (exact) mass is 526 g/mol. The molecule has 34 heavy (non-hydrogen) atoms. The van der Waals surface area contributed by atoms with Gasteiger partial charge in [0, 0.05) is 12.6 Å². The Morgan fingerprint density at radius 3 is 2.50 bits per heavy atom. The third kappa shape index (κ3) is 7.09. The van der Waals surface area contributed by atoms with E-state index in [9.17, 15) is 28.1 Å². The Morgan fingerprint density at radius 1 is 1.29 bits per heavy atom. The molecule has 15 heteroatoms. The van der Waals surface area contributed by atoms with E-state index in [1.807, 2.05) is 0 Å². The van der Waals surface area contributed by atoms with Crippen molar-refractivity contribution in [3.05, 3.63) is 32.3 Å². The molecule has 10 nitrogen and oxygen atoms in total. The Kier molecular flexibility index (Phi) is 9.31. The highest BCUT2D eigenvalue weighted by atomic mass is 35.5. The summed E-state index contributed by atoms with van der Waals surface area (Å²) < 4.78 is 37.4. The van der Waals surface area contributed by atoms with E-state index in [-0.39, 0.29) is 52.1 Å². The Labute approximate surface area is 201 Å². The van der Waals surface area contributed by atoms with Crippen LogP contribution in [0.15, 0.2) is 12.1 Å². The maximum absolute atomic E-state index is 12.6. The number of aliphatic carboxylic acids is 1. The van der Waals surface area contributed by atoms with E-state index in [0.717, 1.165) is 19.3 Å². The molecule has 0 unspecified atom stereocenters. The van der Waals surface area contributed by atoms with E-state index in [0.29, 0.717) is 13.0 Å². The predicted molar refractivity (Wildman–Crippen MR) is 113 cm³/mol. The van der Waals surface area contributed by atoms with Gasteiger partial charge in [-0.15, -0.1) is 0 Å². The zero-order valence-corrected chi connectivity index (χ0v) is 18.9. The lowest BCUT2D eigenvalue weighted by atomic mass is 10.1. The van der Waals surface area contributed by atoms with Crippen LogP contribution in [0.5, 0.6) is 5.75 Å². The first-order valence-electron chi connectivity index (χ1n) is 9.87. The summed E-state index contributed by atoms with van der Waals surface area (Å²) in [5, 5.41) is 30.6. The lowest BCUT2D eigenvalue weighted by Crippen LogP contribution is -2.47. The number of carbonyl (C=O) groups is 2. The van der Waals surface area contributed by atoms with Crippen LogP contribution in [0.2, 0.25) is 10.0 Å². The predicted octanol–water partition coefficient (Wildman–Crippen LogP) is 3.55. The van der Waals surface area contributed by atoms with Crippen molar-refractivity contribution >= 4 is 40.8 Å². The number of alkyl halides is 3. The Bertz CT molecular complexity index is 988. The molecule has 186 valence electrons. The van der Waals surface area contributed by atoms with Crippen molar-refractivity contribution in [2.24, 2.45) is 0 Å². The third-order valence-electron chi connectivity index (χ3n) is 5.10. The van der Waals surface area contributed by atoms with Gasteiger partial charge >= 0.3 is 12.1 Å². The van der Waals surface area contributed by atoms with E-state index in [4.69, 9.17) is 43.1 Å². The first-order valence-corrected chi connectivity index (χ1v) is 10.6. The zero-order chi connectivity index (χ0) is 25.6. The van der Waals surface area contributed by atoms with E-state index in [1.54, 1.807) is 4.90 Å². The molecule has 1 aromatic rings. The SMILES string of the molecule is N#C[C@@H]1CCCN1C(=O)[C@@H]1CC[C@H](COc2cc([N+](=O)[O-])c(Cl)cc2Cl)N1.O=C(O)C(F)(F)F. The highest BCUT2D eigenvalue weighted by Crippen LogP contribution is 2.35. The van der Waals surface area contributed by atoms with Crippen molar-refractivity contribution in [2.45, 2.75) is 50.0 Å². The number of carboxylic acid groups (broad SMARTS) is 1. The summed E-state index contributed by atoms with van der Waals surface area (Å²) in [6, 6.07) is 3.87. The maximum Gasteiger partial charge on any atom is 0.490 e. The minimum absolute atomic E-state index is 0.0540. The number of nitriles is 1. The maximum atomic E-state index is 12.6. The van der Waals surface area contributed by atoms with Crippen LogP contribution in [-0.4, -0.2) is 64.3 Å². The van der Waals surface area contributed by atoms with Gasteiger partial charge in [0.25, 0.3) is 5.69 Å². The van der Waals surface area contributed by atoms with Crippen LogP contribution in [0.1, 0.15) is 25.7 Å². The van der Waals surface area contributed by atoms with Crippen molar-refractivity contribution in [3.63, 3.8) is 0 Å². The number of halogens is 5. The Balaban J connectivity index is 0.000000509. The average Bonchev–Trinajstić information content (AvgIpc) is 3.41. The molecule has 3 atom stereocenters. The second kappa shape index (κ2) is 11.5. The number of hydrogen-bond donors (Lipinski definition) is 2. The quantitative estimate of drug-likeness (QED) is 0.437. The molecule has 2 aliphatic rings. The van der Waals surface area contributed by atoms with Crippen LogP contribution in [-0.2, 0) is 9.59 Å². The van der Waals surface area contributed by atoms with E-state index in [2.05, 4.69) is 11.4 Å². The minimum atomic E-state index is -5.08. The Hall–Kier alpha value is -2.82. The number of nitro benzene ring substituents is 1. The van der Waals surface area contributed by atoms with Gasteiger partial charge in [0.15, 0.2) is 0 Å². The summed E-state index contributed by atoms with van der Waals surface area (Å²) in [4.78, 5) is 33.5. The topological polar surface area (TPSA) is 146 Å². The van der Waals surface area contributed by atoms with Gasteiger partial charge in [-0.2, -0.15) is 18.4 Å². The zero-order valence-electron chi connectivity index (χ0n) is 17.3. The first kappa shape index (κ1) is 27.4. The fourth-order valence-electron chi connectivity index (χ4n) is 3.47. The van der Waals surface area contributed by atoms with Crippen LogP contribution >= 0.6 is 23.2 Å². The summed E-state index contributed by atoms with van der Waals surface area (Å²) in [6.45, 7) is 0.824. The van der Waals surface area contributed by atoms with Crippen molar-refractivity contribution < 1.29 is 37.5 Å². The highest BCUT2D eigenvalue weighted by molar-refractivity contribution is 6.36. The average molecular weight is 527 g/mol. The van der Waals surface area contributed by atoms with Crippen molar-refractivity contribution in [2.75, 3.05) is 13.2 Å². The van der Waals surface area contributed by atoms with Crippen LogP contribution in [0.3, 0.4) is 0 Å². The van der Waals surface area contributed by atoms with Gasteiger partial charge in [0.2, 0.25) is 5.91 Å². The van der Waals surface area contributed by atoms with Gasteiger partial charge in [-0.05, 0) is 31.7 Å². The molecule has 2 fully saturated rings. The number of rotatable bonds is 5. The molecule has 1 amide bonds. The molecule has 0 aliphatic carbocycles. The molecule has 2 saturated heterocycles. The number of likely N-dealkylation sites (tertiary alicyclic amines) is 1. The minimum Gasteiger partial charge on any atom is -0.490 e. The van der Waals surface area contributed by atoms with Crippen molar-refractivity contribution in [1.82, 2.24) is 10.2 Å². The number of amides is 1. The van der Waals surface area contributed by atoms with E-state index in [1.165, 1.54) is 12.1 Å². The van der Waals surface area contributed by atoms with Crippen LogP contribution in [0, 0.1) is 21.4 Å². The summed E-state index contributed by atoms with van der Waals surface area (Å²) in [6.07, 6.45) is -2.16. The second-order valence-electron chi connectivity index (χ2n) is 7.42. The lowest BCUT2D eigenvalue weighted by molar-refractivity contribution is -0.384. The van der Waals surface area contributed by atoms with Crippen LogP contribution in [0.4, 0.5) is 18.9 Å². The van der Waals surface area contributed by atoms with E-state index >= 15 is 0 Å². The summed E-state index contributed by atoms with van der Waals surface area (Å²) in [5.41, 5.74) is -0.278. The molecule has 0 saturated carbocycles. The highest BCUT2D eigenvalue weighted by Gasteiger charge is 2.38. The summed E-state index contributed by atoms with van der Waals surface area (Å²) >= 11 is 11.8. The molecule has 1 aromatic carbocycles. The smallest absolute Gasteiger partial charge is 0.490 e. The van der Waals surface area contributed by atoms with Crippen molar-refractivity contribution in [3.8, 4) is 11.8 Å². The number of carboxylic acids is 1. The molecule has 0 bridgehead atoms. The van der Waals surface area contributed by atoms with Crippen LogP contribution < -0.4 is 10.1 Å². The molecule has 3 rings (SSSR count). The number of hydrogen-bond acceptors (Lipinski definition) is 7. The molecule has 2 heterocycles. The molecule has 0 aromatic heterocycles. The normalized spacial score (nSPS) is 21.9. The molecular weight excluding hydrogens is 508 g/mol. The first-order chi connectivity index (χ1) is 15.8. The molecular formula is C19H19Cl2F3N4O6. The number of ether oxygens (including phenoxy) is 1. The van der Waals surface area contributed by atoms with E-state index < -0.39 is 17.1 Å². The van der Waals surface area contributed by atoms with Gasteiger partial charge in [-0.3, -0.25) is 20.2 Å². The Morgan fingerprint density at radius 2 is 1.94 bits per heavy atom. The van der Waals surface area contributed by atoms with Gasteiger partial charge in [0.1, 0.15) is 23.4 Å². The largest absolute Gasteiger partial charge is 0.490 e. The molecule has 2 aliphatic heterocycles. The fourth-order valence-corrected chi connectivity index (χ4v) is 3.98. The van der Waals surface area contributed by atoms with Gasteiger partial charge in [-0.1, -0.05) is 23.2 Å². The van der Waals surface area contributed by atoms with Gasteiger partial charge in [-0.25, -0.2) is 4.79 Å². The van der Waals surface area contributed by atoms with Crippen LogP contribution in [0.25, 0.3) is 0 Å². The van der Waals surface area contributed by atoms with Crippen molar-refractivity contribution in [1.29, 1.82) is 5.26 Å². The number of nitrogens with one attached hydrogen (secondary N) is 1. The number of nitrogens with zero attached hydrogens (tertiary/aromatic N) is 3.